The van der Waals surface area contributed by atoms with Crippen molar-refractivity contribution in [3.05, 3.63) is 16.7 Å². The first kappa shape index (κ1) is 21.5. The summed E-state index contributed by atoms with van der Waals surface area (Å²) in [5.41, 5.74) is 0.290. The number of hydrogen-bond acceptors (Lipinski definition) is 8. The number of benzene rings is 1. The average Bonchev–Trinajstić information content (AvgIpc) is 3.25. The molecule has 0 radical (unpaired) electrons. The quantitative estimate of drug-likeness (QED) is 0.670. The van der Waals surface area contributed by atoms with Crippen LogP contribution in [-0.2, 0) is 9.47 Å². The summed E-state index contributed by atoms with van der Waals surface area (Å²) in [4.78, 5) is 15.0. The third-order valence-electron chi connectivity index (χ3n) is 5.60. The molecule has 0 aliphatic carbocycles. The lowest BCUT2D eigenvalue weighted by molar-refractivity contribution is -0.0780. The van der Waals surface area contributed by atoms with Crippen molar-refractivity contribution in [2.75, 3.05) is 59.7 Å². The van der Waals surface area contributed by atoms with Crippen LogP contribution in [0.4, 0.5) is 0 Å². The summed E-state index contributed by atoms with van der Waals surface area (Å²) in [6.07, 6.45) is -0.00927. The summed E-state index contributed by atoms with van der Waals surface area (Å²) in [6, 6.07) is 1.52. The second-order valence-electron chi connectivity index (χ2n) is 7.55. The Morgan fingerprint density at radius 1 is 1.27 bits per heavy atom. The second-order valence-corrected chi connectivity index (χ2v) is 7.96. The number of hydrogen-bond donors (Lipinski definition) is 2. The van der Waals surface area contributed by atoms with Crippen molar-refractivity contribution in [1.29, 1.82) is 0 Å². The summed E-state index contributed by atoms with van der Waals surface area (Å²) in [5.74, 6) is 0.639. The highest BCUT2D eigenvalue weighted by Gasteiger charge is 2.32. The highest BCUT2D eigenvalue weighted by molar-refractivity contribution is 6.33. The Morgan fingerprint density at radius 3 is 2.70 bits per heavy atom. The molecule has 0 bridgehead atoms. The molecule has 4 rings (SSSR count). The predicted octanol–water partition coefficient (Wildman–Crippen LogP) is 0.905. The summed E-state index contributed by atoms with van der Waals surface area (Å²) < 4.78 is 27.5. The number of rotatable bonds is 6. The molecular weight excluding hydrogens is 416 g/mol. The van der Waals surface area contributed by atoms with Gasteiger partial charge in [-0.25, -0.2) is 0 Å². The van der Waals surface area contributed by atoms with E-state index in [9.17, 15) is 9.90 Å². The second kappa shape index (κ2) is 9.57. The minimum absolute atomic E-state index is 0.0441. The van der Waals surface area contributed by atoms with Gasteiger partial charge in [0.2, 0.25) is 5.75 Å². The lowest BCUT2D eigenvalue weighted by Crippen LogP contribution is -2.49. The summed E-state index contributed by atoms with van der Waals surface area (Å²) in [6.45, 7) is 4.24. The number of aliphatic hydroxyl groups is 1. The van der Waals surface area contributed by atoms with Gasteiger partial charge in [0.25, 0.3) is 5.91 Å². The van der Waals surface area contributed by atoms with Gasteiger partial charge >= 0.3 is 0 Å². The molecule has 3 aliphatic rings. The van der Waals surface area contributed by atoms with Gasteiger partial charge in [-0.3, -0.25) is 9.69 Å². The predicted molar refractivity (Wildman–Crippen MR) is 108 cm³/mol. The van der Waals surface area contributed by atoms with Gasteiger partial charge in [-0.15, -0.1) is 0 Å². The molecule has 3 aliphatic heterocycles. The van der Waals surface area contributed by atoms with Crippen molar-refractivity contribution >= 4 is 17.5 Å². The minimum atomic E-state index is -0.548. The van der Waals surface area contributed by atoms with Gasteiger partial charge in [0.1, 0.15) is 13.2 Å². The van der Waals surface area contributed by atoms with Gasteiger partial charge in [0, 0.05) is 25.6 Å². The number of methoxy groups -OCH3 is 1. The lowest BCUT2D eigenvalue weighted by atomic mass is 9.93. The molecule has 30 heavy (non-hydrogen) atoms. The van der Waals surface area contributed by atoms with Crippen molar-refractivity contribution in [2.45, 2.75) is 18.8 Å². The molecule has 0 spiro atoms. The summed E-state index contributed by atoms with van der Waals surface area (Å²) in [5, 5.41) is 13.7. The fourth-order valence-corrected chi connectivity index (χ4v) is 4.28. The Labute approximate surface area is 180 Å². The van der Waals surface area contributed by atoms with Crippen LogP contribution in [0.3, 0.4) is 0 Å². The topological polar surface area (TPSA) is 98.7 Å². The summed E-state index contributed by atoms with van der Waals surface area (Å²) >= 11 is 6.26. The maximum absolute atomic E-state index is 12.8. The van der Waals surface area contributed by atoms with E-state index in [0.717, 1.165) is 13.0 Å². The molecule has 0 aromatic heterocycles. The van der Waals surface area contributed by atoms with Crippen LogP contribution in [0.5, 0.6) is 17.2 Å². The SMILES string of the molecule is COc1c(Cl)cc(C(=O)NC[C@@H]2CCN(CC3OCCO3)C[C@H]2O)c2c1OCCO2. The third-order valence-corrected chi connectivity index (χ3v) is 5.88. The molecule has 2 saturated heterocycles. The zero-order valence-electron chi connectivity index (χ0n) is 16.9. The number of fused-ring (bicyclic) bond motifs is 1. The van der Waals surface area contributed by atoms with Crippen LogP contribution >= 0.6 is 11.6 Å². The van der Waals surface area contributed by atoms with E-state index in [0.29, 0.717) is 63.3 Å². The first-order chi connectivity index (χ1) is 14.6. The van der Waals surface area contributed by atoms with Gasteiger partial charge in [-0.05, 0) is 19.0 Å². The van der Waals surface area contributed by atoms with E-state index in [-0.39, 0.29) is 28.7 Å². The van der Waals surface area contributed by atoms with Gasteiger partial charge in [0.05, 0.1) is 37.0 Å². The number of carbonyl (C=O) groups is 1. The number of ether oxygens (including phenoxy) is 5. The van der Waals surface area contributed by atoms with E-state index in [1.807, 2.05) is 0 Å². The van der Waals surface area contributed by atoms with Crippen molar-refractivity contribution in [1.82, 2.24) is 10.2 Å². The highest BCUT2D eigenvalue weighted by atomic mass is 35.5. The van der Waals surface area contributed by atoms with Gasteiger partial charge in [-0.1, -0.05) is 11.6 Å². The van der Waals surface area contributed by atoms with Gasteiger partial charge in [0.15, 0.2) is 17.8 Å². The number of piperidine rings is 1. The fourth-order valence-electron chi connectivity index (χ4n) is 4.00. The molecule has 9 nitrogen and oxygen atoms in total. The fraction of sp³-hybridized carbons (Fsp3) is 0.650. The first-order valence-electron chi connectivity index (χ1n) is 10.1. The number of amides is 1. The molecule has 0 saturated carbocycles. The van der Waals surface area contributed by atoms with E-state index < -0.39 is 6.10 Å². The van der Waals surface area contributed by atoms with Gasteiger partial charge < -0.3 is 34.1 Å². The van der Waals surface area contributed by atoms with Crippen molar-refractivity contribution in [3.8, 4) is 17.2 Å². The maximum Gasteiger partial charge on any atom is 0.255 e. The zero-order valence-corrected chi connectivity index (χ0v) is 17.7. The van der Waals surface area contributed by atoms with Crippen LogP contribution in [0.15, 0.2) is 6.07 Å². The monoisotopic (exact) mass is 442 g/mol. The Balaban J connectivity index is 1.35. The maximum atomic E-state index is 12.8. The van der Waals surface area contributed by atoms with Crippen LogP contribution in [-0.4, -0.2) is 88.0 Å². The van der Waals surface area contributed by atoms with E-state index in [2.05, 4.69) is 10.2 Å². The first-order valence-corrected chi connectivity index (χ1v) is 10.5. The molecule has 166 valence electrons. The zero-order chi connectivity index (χ0) is 21.1. The Bertz CT molecular complexity index is 772. The molecule has 2 fully saturated rings. The largest absolute Gasteiger partial charge is 0.491 e. The van der Waals surface area contributed by atoms with Crippen LogP contribution in [0.25, 0.3) is 0 Å². The van der Waals surface area contributed by atoms with Crippen LogP contribution in [0, 0.1) is 5.92 Å². The number of halogens is 1. The molecule has 1 amide bonds. The van der Waals surface area contributed by atoms with Crippen LogP contribution in [0.1, 0.15) is 16.8 Å². The molecule has 1 aromatic rings. The molecule has 2 atom stereocenters. The number of nitrogens with one attached hydrogen (secondary N) is 1. The summed E-state index contributed by atoms with van der Waals surface area (Å²) in [7, 11) is 1.48. The van der Waals surface area contributed by atoms with Crippen molar-refractivity contribution in [2.24, 2.45) is 5.92 Å². The third kappa shape index (κ3) is 4.60. The lowest BCUT2D eigenvalue weighted by Gasteiger charge is -2.36. The smallest absolute Gasteiger partial charge is 0.255 e. The Hall–Kier alpha value is -1.78. The highest BCUT2D eigenvalue weighted by Crippen LogP contribution is 2.46. The number of β-amino-alcohol motifs (C(OH)–C–C–N with tert-alkyl or cyclic N) is 1. The normalized spacial score (nSPS) is 24.6. The molecule has 2 N–H and O–H groups in total. The van der Waals surface area contributed by atoms with E-state index in [1.54, 1.807) is 0 Å². The number of aliphatic hydroxyl groups excluding tert-OH is 1. The van der Waals surface area contributed by atoms with Crippen LogP contribution < -0.4 is 19.5 Å². The molecular formula is C20H27ClN2O7. The van der Waals surface area contributed by atoms with Crippen molar-refractivity contribution in [3.63, 3.8) is 0 Å². The molecule has 0 unspecified atom stereocenters. The van der Waals surface area contributed by atoms with E-state index >= 15 is 0 Å². The number of likely N-dealkylation sites (tertiary alicyclic amines) is 1. The molecule has 3 heterocycles. The molecule has 10 heteroatoms. The van der Waals surface area contributed by atoms with Gasteiger partial charge in [-0.2, -0.15) is 0 Å². The standard InChI is InChI=1S/C20H27ClN2O7/c1-26-18-14(21)8-13(17-19(18)30-7-6-29-17)20(25)22-9-12-2-3-23(10-15(12)24)11-16-27-4-5-28-16/h8,12,15-16,24H,2-7,9-11H2,1H3,(H,22,25)/t12-,15+/m0/s1. The molecule has 1 aromatic carbocycles. The van der Waals surface area contributed by atoms with E-state index in [4.69, 9.17) is 35.3 Å². The van der Waals surface area contributed by atoms with E-state index in [1.165, 1.54) is 13.2 Å². The Morgan fingerprint density at radius 2 is 2.00 bits per heavy atom. The number of nitrogens with zero attached hydrogens (tertiary/aromatic N) is 1. The van der Waals surface area contributed by atoms with Crippen molar-refractivity contribution < 1.29 is 33.6 Å². The average molecular weight is 443 g/mol. The number of carbonyl (C=O) groups excluding carboxylic acids is 1. The minimum Gasteiger partial charge on any atom is -0.491 e. The Kier molecular flexibility index (Phi) is 6.84. The van der Waals surface area contributed by atoms with Crippen LogP contribution in [0.2, 0.25) is 5.02 Å².